The standard InChI is InChI=1S/C24H26N4O2S/c1-14(2)20-21(17-10-15(3)23-25-13-26-28(23)12-17)27-18-11-19(31-22(18)20)16-4-6-24(7-5-16)29-8-9-30-24/h4,10-14,27H,5-9H2,1-3H3. The third kappa shape index (κ3) is 3.06. The van der Waals surface area contributed by atoms with E-state index >= 15 is 0 Å². The van der Waals surface area contributed by atoms with Gasteiger partial charge in [0, 0.05) is 29.5 Å². The van der Waals surface area contributed by atoms with Crippen LogP contribution in [0.15, 0.2) is 30.7 Å². The molecule has 0 unspecified atom stereocenters. The van der Waals surface area contributed by atoms with E-state index in [9.17, 15) is 0 Å². The van der Waals surface area contributed by atoms with Gasteiger partial charge in [-0.05, 0) is 48.1 Å². The van der Waals surface area contributed by atoms with Crippen molar-refractivity contribution in [2.24, 2.45) is 0 Å². The molecule has 6 rings (SSSR count). The number of hydrogen-bond donors (Lipinski definition) is 1. The highest BCUT2D eigenvalue weighted by molar-refractivity contribution is 7.20. The lowest BCUT2D eigenvalue weighted by molar-refractivity contribution is -0.159. The van der Waals surface area contributed by atoms with Gasteiger partial charge in [-0.3, -0.25) is 0 Å². The van der Waals surface area contributed by atoms with E-state index < -0.39 is 0 Å². The lowest BCUT2D eigenvalue weighted by atomic mass is 9.93. The number of H-pyrrole nitrogens is 1. The Bertz CT molecular complexity index is 1320. The molecule has 1 aliphatic carbocycles. The zero-order valence-corrected chi connectivity index (χ0v) is 18.9. The molecule has 4 aromatic heterocycles. The molecule has 0 aromatic carbocycles. The monoisotopic (exact) mass is 434 g/mol. The molecule has 1 spiro atoms. The number of pyridine rings is 1. The van der Waals surface area contributed by atoms with Crippen LogP contribution in [0.2, 0.25) is 0 Å². The van der Waals surface area contributed by atoms with Gasteiger partial charge in [-0.25, -0.2) is 9.50 Å². The molecule has 0 bridgehead atoms. The first-order valence-corrected chi connectivity index (χ1v) is 11.8. The number of rotatable bonds is 3. The Morgan fingerprint density at radius 1 is 1.23 bits per heavy atom. The number of hydrogen-bond acceptors (Lipinski definition) is 5. The summed E-state index contributed by atoms with van der Waals surface area (Å²) >= 11 is 1.90. The summed E-state index contributed by atoms with van der Waals surface area (Å²) in [6.45, 7) is 8.05. The quantitative estimate of drug-likeness (QED) is 0.450. The van der Waals surface area contributed by atoms with E-state index in [0.717, 1.165) is 36.0 Å². The van der Waals surface area contributed by atoms with Gasteiger partial charge in [0.15, 0.2) is 11.4 Å². The molecule has 1 fully saturated rings. The smallest absolute Gasteiger partial charge is 0.172 e. The number of thiophene rings is 1. The van der Waals surface area contributed by atoms with Crippen LogP contribution in [0.3, 0.4) is 0 Å². The molecule has 2 aliphatic rings. The van der Waals surface area contributed by atoms with Crippen molar-refractivity contribution in [2.45, 2.75) is 51.7 Å². The lowest BCUT2D eigenvalue weighted by Gasteiger charge is -2.30. The van der Waals surface area contributed by atoms with Crippen LogP contribution in [-0.2, 0) is 9.47 Å². The Balaban J connectivity index is 1.41. The van der Waals surface area contributed by atoms with Gasteiger partial charge in [0.05, 0.1) is 29.1 Å². The molecule has 0 saturated carbocycles. The predicted octanol–water partition coefficient (Wildman–Crippen LogP) is 5.68. The highest BCUT2D eigenvalue weighted by Gasteiger charge is 2.38. The lowest BCUT2D eigenvalue weighted by Crippen LogP contribution is -2.31. The fourth-order valence-corrected chi connectivity index (χ4v) is 6.34. The van der Waals surface area contributed by atoms with E-state index in [4.69, 9.17) is 9.47 Å². The normalized spacial score (nSPS) is 18.6. The third-order valence-corrected chi connectivity index (χ3v) is 7.74. The number of aromatic amines is 1. The number of fused-ring (bicyclic) bond motifs is 2. The SMILES string of the molecule is Cc1cc(-c2[nH]c3cc(C4=CCC5(CC4)OCCO5)sc3c2C(C)C)cn2ncnc12. The molecule has 160 valence electrons. The second kappa shape index (κ2) is 7.02. The summed E-state index contributed by atoms with van der Waals surface area (Å²) in [4.78, 5) is 9.43. The maximum atomic E-state index is 5.88. The third-order valence-electron chi connectivity index (χ3n) is 6.50. The maximum absolute atomic E-state index is 5.88. The molecule has 0 radical (unpaired) electrons. The van der Waals surface area contributed by atoms with Crippen LogP contribution < -0.4 is 0 Å². The van der Waals surface area contributed by atoms with E-state index in [0.29, 0.717) is 19.1 Å². The van der Waals surface area contributed by atoms with Gasteiger partial charge in [0.25, 0.3) is 0 Å². The Kier molecular flexibility index (Phi) is 4.35. The summed E-state index contributed by atoms with van der Waals surface area (Å²) in [6, 6.07) is 4.52. The first-order chi connectivity index (χ1) is 15.0. The first-order valence-electron chi connectivity index (χ1n) is 11.0. The Morgan fingerprint density at radius 3 is 2.81 bits per heavy atom. The van der Waals surface area contributed by atoms with Crippen LogP contribution >= 0.6 is 11.3 Å². The van der Waals surface area contributed by atoms with Crippen LogP contribution in [0.1, 0.15) is 55.0 Å². The minimum absolute atomic E-state index is 0.365. The van der Waals surface area contributed by atoms with Crippen LogP contribution in [-0.4, -0.2) is 38.6 Å². The van der Waals surface area contributed by atoms with Gasteiger partial charge in [-0.2, -0.15) is 5.10 Å². The van der Waals surface area contributed by atoms with Gasteiger partial charge >= 0.3 is 0 Å². The van der Waals surface area contributed by atoms with E-state index in [1.165, 1.54) is 31.9 Å². The van der Waals surface area contributed by atoms with E-state index in [-0.39, 0.29) is 5.79 Å². The summed E-state index contributed by atoms with van der Waals surface area (Å²) in [5.41, 5.74) is 8.37. The highest BCUT2D eigenvalue weighted by Crippen LogP contribution is 2.45. The fraction of sp³-hybridized carbons (Fsp3) is 0.417. The van der Waals surface area contributed by atoms with Crippen molar-refractivity contribution in [3.8, 4) is 11.3 Å². The minimum Gasteiger partial charge on any atom is -0.354 e. The first kappa shape index (κ1) is 19.2. The fourth-order valence-electron chi connectivity index (χ4n) is 4.96. The molecular formula is C24H26N4O2S. The van der Waals surface area contributed by atoms with Gasteiger partial charge in [-0.15, -0.1) is 11.3 Å². The number of allylic oxidation sites excluding steroid dienone is 1. The van der Waals surface area contributed by atoms with Gasteiger partial charge in [0.1, 0.15) is 6.33 Å². The molecular weight excluding hydrogens is 408 g/mol. The van der Waals surface area contributed by atoms with Crippen LogP contribution in [0.25, 0.3) is 32.7 Å². The molecule has 1 N–H and O–H groups in total. The van der Waals surface area contributed by atoms with Crippen molar-refractivity contribution in [1.29, 1.82) is 0 Å². The van der Waals surface area contributed by atoms with Crippen LogP contribution in [0, 0.1) is 6.92 Å². The van der Waals surface area contributed by atoms with Crippen molar-refractivity contribution in [1.82, 2.24) is 19.6 Å². The average Bonchev–Trinajstić information content (AvgIpc) is 3.51. The van der Waals surface area contributed by atoms with Crippen LogP contribution in [0.5, 0.6) is 0 Å². The summed E-state index contributed by atoms with van der Waals surface area (Å²) in [6.07, 6.45) is 8.77. The Labute approximate surface area is 184 Å². The second-order valence-electron chi connectivity index (χ2n) is 8.90. The van der Waals surface area contributed by atoms with Crippen molar-refractivity contribution in [3.63, 3.8) is 0 Å². The Morgan fingerprint density at radius 2 is 2.06 bits per heavy atom. The number of nitrogens with zero attached hydrogens (tertiary/aromatic N) is 3. The number of aryl methyl sites for hydroxylation is 1. The molecule has 0 atom stereocenters. The molecule has 6 nitrogen and oxygen atoms in total. The zero-order chi connectivity index (χ0) is 21.2. The molecule has 7 heteroatoms. The second-order valence-corrected chi connectivity index (χ2v) is 9.96. The van der Waals surface area contributed by atoms with Crippen molar-refractivity contribution in [2.75, 3.05) is 13.2 Å². The van der Waals surface area contributed by atoms with Crippen molar-refractivity contribution in [3.05, 3.63) is 46.7 Å². The summed E-state index contributed by atoms with van der Waals surface area (Å²) in [5.74, 6) is 0.0429. The van der Waals surface area contributed by atoms with Gasteiger partial charge in [-0.1, -0.05) is 19.9 Å². The van der Waals surface area contributed by atoms with E-state index in [1.807, 2.05) is 15.9 Å². The summed E-state index contributed by atoms with van der Waals surface area (Å²) in [7, 11) is 0. The molecule has 1 aliphatic heterocycles. The van der Waals surface area contributed by atoms with Crippen molar-refractivity contribution >= 4 is 32.8 Å². The van der Waals surface area contributed by atoms with Gasteiger partial charge in [0.2, 0.25) is 0 Å². The predicted molar refractivity (Wildman–Crippen MR) is 123 cm³/mol. The Hall–Kier alpha value is -2.48. The zero-order valence-electron chi connectivity index (χ0n) is 18.1. The van der Waals surface area contributed by atoms with Crippen molar-refractivity contribution < 1.29 is 9.47 Å². The van der Waals surface area contributed by atoms with Gasteiger partial charge < -0.3 is 14.5 Å². The average molecular weight is 435 g/mol. The summed E-state index contributed by atoms with van der Waals surface area (Å²) in [5, 5.41) is 4.35. The number of nitrogens with one attached hydrogen (secondary N) is 1. The van der Waals surface area contributed by atoms with E-state index in [1.54, 1.807) is 6.33 Å². The molecule has 5 heterocycles. The molecule has 1 saturated heterocycles. The van der Waals surface area contributed by atoms with E-state index in [2.05, 4.69) is 60.2 Å². The molecule has 0 amide bonds. The topological polar surface area (TPSA) is 64.4 Å². The maximum Gasteiger partial charge on any atom is 0.172 e. The number of aromatic nitrogens is 4. The molecule has 4 aromatic rings. The highest BCUT2D eigenvalue weighted by atomic mass is 32.1. The molecule has 31 heavy (non-hydrogen) atoms. The minimum atomic E-state index is -0.365. The largest absolute Gasteiger partial charge is 0.354 e. The van der Waals surface area contributed by atoms with Crippen LogP contribution in [0.4, 0.5) is 0 Å². The summed E-state index contributed by atoms with van der Waals surface area (Å²) < 4.78 is 15.0. The number of ether oxygens (including phenoxy) is 2.